The number of rotatable bonds is 8. The van der Waals surface area contributed by atoms with Crippen molar-refractivity contribution in [3.05, 3.63) is 70.2 Å². The molecule has 0 aliphatic rings. The number of amides is 1. The van der Waals surface area contributed by atoms with Gasteiger partial charge in [-0.05, 0) is 57.5 Å². The molecule has 7 heteroatoms. The molecule has 1 N–H and O–H groups in total. The third-order valence-corrected chi connectivity index (χ3v) is 6.54. The highest BCUT2D eigenvalue weighted by atomic mass is 79.9. The number of hydrogen-bond acceptors (Lipinski definition) is 4. The van der Waals surface area contributed by atoms with Gasteiger partial charge in [-0.3, -0.25) is 9.36 Å². The van der Waals surface area contributed by atoms with Gasteiger partial charge in [0, 0.05) is 10.0 Å². The Morgan fingerprint density at radius 3 is 1.93 bits per heavy atom. The van der Waals surface area contributed by atoms with Crippen molar-refractivity contribution in [2.24, 2.45) is 0 Å². The molecule has 0 radical (unpaired) electrons. The Hall–Kier alpha value is -1.46. The summed E-state index contributed by atoms with van der Waals surface area (Å²) in [6.45, 7) is 7.15. The maximum absolute atomic E-state index is 13.7. The number of carbonyl (C=O) groups excluding carboxylic acids is 1. The smallest absolute Gasteiger partial charge is 0.334 e. The predicted molar refractivity (Wildman–Crippen MR) is 111 cm³/mol. The largest absolute Gasteiger partial charge is 0.357 e. The van der Waals surface area contributed by atoms with Crippen LogP contribution < -0.4 is 5.32 Å². The molecule has 2 rings (SSSR count). The van der Waals surface area contributed by atoms with Gasteiger partial charge in [0.15, 0.2) is 5.78 Å². The van der Waals surface area contributed by atoms with Gasteiger partial charge in [0.1, 0.15) is 0 Å². The fraction of sp³-hybridized carbons (Fsp3) is 0.350. The number of hydrogen-bond donors (Lipinski definition) is 1. The van der Waals surface area contributed by atoms with Crippen molar-refractivity contribution < 1.29 is 18.4 Å². The average Bonchev–Trinajstić information content (AvgIpc) is 2.59. The van der Waals surface area contributed by atoms with E-state index in [0.717, 1.165) is 4.47 Å². The van der Waals surface area contributed by atoms with Crippen LogP contribution >= 0.6 is 23.5 Å². The lowest BCUT2D eigenvalue weighted by Crippen LogP contribution is -2.31. The van der Waals surface area contributed by atoms with Gasteiger partial charge in [-0.2, -0.15) is 0 Å². The lowest BCUT2D eigenvalue weighted by atomic mass is 10.2. The van der Waals surface area contributed by atoms with Crippen molar-refractivity contribution >= 4 is 29.4 Å². The highest BCUT2D eigenvalue weighted by Gasteiger charge is 2.40. The van der Waals surface area contributed by atoms with Crippen LogP contribution in [0.15, 0.2) is 59.1 Å². The summed E-state index contributed by atoms with van der Waals surface area (Å²) in [5, 5.41) is 2.85. The maximum atomic E-state index is 13.7. The van der Waals surface area contributed by atoms with Crippen molar-refractivity contribution in [3.63, 3.8) is 0 Å². The predicted octanol–water partition coefficient (Wildman–Crippen LogP) is 5.92. The van der Waals surface area contributed by atoms with E-state index in [2.05, 4.69) is 21.2 Å². The van der Waals surface area contributed by atoms with Gasteiger partial charge < -0.3 is 14.4 Å². The van der Waals surface area contributed by atoms with Crippen LogP contribution in [0.5, 0.6) is 0 Å². The van der Waals surface area contributed by atoms with Crippen LogP contribution in [0.25, 0.3) is 0 Å². The van der Waals surface area contributed by atoms with Crippen LogP contribution in [-0.2, 0) is 13.6 Å². The zero-order valence-corrected chi connectivity index (χ0v) is 18.4. The number of halogens is 1. The molecule has 1 amide bonds. The molecular formula is C20H25BrNO4P. The molecule has 0 heterocycles. The summed E-state index contributed by atoms with van der Waals surface area (Å²) < 4.78 is 26.0. The Kier molecular flexibility index (Phi) is 7.80. The standard InChI is InChI=1S/C20H25BrNO4P/c1-14(2)25-27(24,26-15(3)4)20(17-8-6-5-7-9-17)22-19(23)16-10-12-18(21)13-11-16/h5-15,20H,1-4H3,(H,22,23)/t20-/m0/s1. The molecule has 5 nitrogen and oxygen atoms in total. The Morgan fingerprint density at radius 2 is 1.44 bits per heavy atom. The number of benzene rings is 2. The fourth-order valence-corrected chi connectivity index (χ4v) is 5.07. The minimum absolute atomic E-state index is 0.328. The van der Waals surface area contributed by atoms with Crippen molar-refractivity contribution in [3.8, 4) is 0 Å². The lowest BCUT2D eigenvalue weighted by molar-refractivity contribution is 0.0919. The van der Waals surface area contributed by atoms with Crippen molar-refractivity contribution in [1.82, 2.24) is 5.32 Å². The first-order valence-electron chi connectivity index (χ1n) is 8.79. The van der Waals surface area contributed by atoms with E-state index in [9.17, 15) is 9.36 Å². The summed E-state index contributed by atoms with van der Waals surface area (Å²) in [6, 6.07) is 16.0. The molecule has 146 valence electrons. The van der Waals surface area contributed by atoms with Crippen LogP contribution in [0.2, 0.25) is 0 Å². The zero-order valence-electron chi connectivity index (χ0n) is 15.9. The van der Waals surface area contributed by atoms with Gasteiger partial charge in [-0.15, -0.1) is 0 Å². The lowest BCUT2D eigenvalue weighted by Gasteiger charge is -2.30. The summed E-state index contributed by atoms with van der Waals surface area (Å²) in [4.78, 5) is 12.8. The molecule has 1 atom stereocenters. The second-order valence-corrected chi connectivity index (χ2v) is 9.58. The van der Waals surface area contributed by atoms with Gasteiger partial charge in [-0.1, -0.05) is 46.3 Å². The highest BCUT2D eigenvalue weighted by Crippen LogP contribution is 2.61. The number of nitrogens with one attached hydrogen (secondary N) is 1. The molecule has 2 aromatic carbocycles. The summed E-state index contributed by atoms with van der Waals surface area (Å²) in [5.74, 6) is -1.27. The zero-order chi connectivity index (χ0) is 20.0. The molecule has 0 spiro atoms. The molecule has 0 bridgehead atoms. The van der Waals surface area contributed by atoms with Gasteiger partial charge in [0.25, 0.3) is 5.91 Å². The summed E-state index contributed by atoms with van der Waals surface area (Å²) in [5.41, 5.74) is 1.12. The molecule has 0 saturated carbocycles. The summed E-state index contributed by atoms with van der Waals surface area (Å²) in [7, 11) is -3.69. The normalized spacial score (nSPS) is 13.0. The summed E-state index contributed by atoms with van der Waals surface area (Å²) in [6.07, 6.45) is -0.657. The van der Waals surface area contributed by atoms with Gasteiger partial charge in [0.2, 0.25) is 0 Å². The second kappa shape index (κ2) is 9.65. The second-order valence-electron chi connectivity index (χ2n) is 6.64. The van der Waals surface area contributed by atoms with Crippen LogP contribution in [0.1, 0.15) is 49.4 Å². The first-order chi connectivity index (χ1) is 12.7. The van der Waals surface area contributed by atoms with E-state index in [1.54, 1.807) is 64.1 Å². The van der Waals surface area contributed by atoms with Crippen molar-refractivity contribution in [2.45, 2.75) is 45.7 Å². The quantitative estimate of drug-likeness (QED) is 0.503. The van der Waals surface area contributed by atoms with E-state index in [1.165, 1.54) is 0 Å². The Bertz CT molecular complexity index is 779. The highest BCUT2D eigenvalue weighted by molar-refractivity contribution is 9.10. The molecule has 0 aromatic heterocycles. The Balaban J connectivity index is 2.42. The van der Waals surface area contributed by atoms with Crippen molar-refractivity contribution in [1.29, 1.82) is 0 Å². The van der Waals surface area contributed by atoms with Crippen LogP contribution in [0, 0.1) is 0 Å². The van der Waals surface area contributed by atoms with Gasteiger partial charge >= 0.3 is 7.60 Å². The topological polar surface area (TPSA) is 64.6 Å². The Morgan fingerprint density at radius 1 is 0.926 bits per heavy atom. The van der Waals surface area contributed by atoms with Crippen LogP contribution in [0.4, 0.5) is 0 Å². The molecule has 0 aliphatic carbocycles. The summed E-state index contributed by atoms with van der Waals surface area (Å²) >= 11 is 3.35. The molecular weight excluding hydrogens is 429 g/mol. The first-order valence-corrected chi connectivity index (χ1v) is 11.2. The van der Waals surface area contributed by atoms with Gasteiger partial charge in [-0.25, -0.2) is 0 Å². The first kappa shape index (κ1) is 21.8. The molecule has 0 fully saturated rings. The third-order valence-electron chi connectivity index (χ3n) is 3.52. The van der Waals surface area contributed by atoms with Crippen molar-refractivity contribution in [2.75, 3.05) is 0 Å². The maximum Gasteiger partial charge on any atom is 0.357 e. The van der Waals surface area contributed by atoms with E-state index in [1.807, 2.05) is 18.2 Å². The Labute approximate surface area is 169 Å². The minimum atomic E-state index is -3.69. The third kappa shape index (κ3) is 6.28. The molecule has 2 aromatic rings. The monoisotopic (exact) mass is 453 g/mol. The van der Waals surface area contributed by atoms with E-state index >= 15 is 0 Å². The minimum Gasteiger partial charge on any atom is -0.334 e. The fourth-order valence-electron chi connectivity index (χ4n) is 2.52. The van der Waals surface area contributed by atoms with Crippen LogP contribution in [-0.4, -0.2) is 18.1 Å². The van der Waals surface area contributed by atoms with E-state index in [-0.39, 0.29) is 18.1 Å². The van der Waals surface area contributed by atoms with E-state index in [4.69, 9.17) is 9.05 Å². The number of carbonyl (C=O) groups is 1. The van der Waals surface area contributed by atoms with Gasteiger partial charge in [0.05, 0.1) is 12.2 Å². The molecule has 0 saturated heterocycles. The molecule has 27 heavy (non-hydrogen) atoms. The SMILES string of the molecule is CC(C)OP(=O)(OC(C)C)[C@H](NC(=O)c1ccc(Br)cc1)c1ccccc1. The van der Waals surface area contributed by atoms with E-state index in [0.29, 0.717) is 11.1 Å². The average molecular weight is 454 g/mol. The van der Waals surface area contributed by atoms with Crippen LogP contribution in [0.3, 0.4) is 0 Å². The molecule has 0 aliphatic heterocycles. The molecule has 0 unspecified atom stereocenters. The van der Waals surface area contributed by atoms with E-state index < -0.39 is 13.4 Å².